The van der Waals surface area contributed by atoms with Gasteiger partial charge in [-0.2, -0.15) is 0 Å². The molecule has 0 aliphatic rings. The van der Waals surface area contributed by atoms with Gasteiger partial charge in [0.05, 0.1) is 0 Å². The van der Waals surface area contributed by atoms with Crippen LogP contribution in [0.15, 0.2) is 5.16 Å². The first kappa shape index (κ1) is 11.4. The number of carbonyl (C=O) groups is 2. The van der Waals surface area contributed by atoms with Crippen molar-refractivity contribution in [2.45, 2.75) is 11.7 Å². The van der Waals surface area contributed by atoms with Gasteiger partial charge < -0.3 is 5.73 Å². The Labute approximate surface area is 89.8 Å². The van der Waals surface area contributed by atoms with Crippen molar-refractivity contribution in [1.29, 1.82) is 0 Å². The molecule has 1 heterocycles. The van der Waals surface area contributed by atoms with Crippen molar-refractivity contribution in [3.8, 4) is 0 Å². The van der Waals surface area contributed by atoms with E-state index < -0.39 is 11.9 Å². The van der Waals surface area contributed by atoms with Gasteiger partial charge in [0.15, 0.2) is 0 Å². The Hall–Kier alpha value is -1.64. The number of tetrazole rings is 1. The van der Waals surface area contributed by atoms with Crippen molar-refractivity contribution in [3.63, 3.8) is 0 Å². The highest BCUT2D eigenvalue weighted by Gasteiger charge is 2.16. The summed E-state index contributed by atoms with van der Waals surface area (Å²) in [5.41, 5.74) is 4.94. The van der Waals surface area contributed by atoms with E-state index in [4.69, 9.17) is 5.73 Å². The number of primary amides is 1. The maximum atomic E-state index is 11.4. The zero-order chi connectivity index (χ0) is 11.4. The van der Waals surface area contributed by atoms with Gasteiger partial charge in [-0.15, -0.1) is 5.10 Å². The molecule has 3 amide bonds. The van der Waals surface area contributed by atoms with Crippen LogP contribution in [0.25, 0.3) is 0 Å². The minimum atomic E-state index is -0.807. The van der Waals surface area contributed by atoms with Crippen LogP contribution in [-0.4, -0.2) is 50.3 Å². The summed E-state index contributed by atoms with van der Waals surface area (Å²) in [6.07, 6.45) is 1.78. The summed E-state index contributed by atoms with van der Waals surface area (Å²) in [5, 5.41) is 11.2. The largest absolute Gasteiger partial charge is 0.351 e. The minimum Gasteiger partial charge on any atom is -0.351 e. The van der Waals surface area contributed by atoms with Crippen LogP contribution >= 0.6 is 11.8 Å². The van der Waals surface area contributed by atoms with Crippen LogP contribution < -0.4 is 5.73 Å². The fourth-order valence-corrected chi connectivity index (χ4v) is 1.23. The Morgan fingerprint density at radius 2 is 2.27 bits per heavy atom. The fraction of sp³-hybridized carbons (Fsp3) is 0.500. The zero-order valence-electron chi connectivity index (χ0n) is 8.25. The molecule has 0 saturated carbocycles. The van der Waals surface area contributed by atoms with Crippen molar-refractivity contribution >= 4 is 23.7 Å². The number of amides is 3. The Morgan fingerprint density at radius 1 is 1.60 bits per heavy atom. The number of likely N-dealkylation sites (N-methyl/N-ethyl adjacent to an activating group) is 1. The molecular weight excluding hydrogens is 220 g/mol. The number of nitrogens with zero attached hydrogens (tertiary/aromatic N) is 5. The molecule has 1 rings (SSSR count). The Morgan fingerprint density at radius 3 is 2.80 bits per heavy atom. The highest BCUT2D eigenvalue weighted by molar-refractivity contribution is 7.98. The second-order valence-corrected chi connectivity index (χ2v) is 3.39. The molecular formula is C6H10N6O2S. The SMILES string of the molecule is CSc1nnnn1CC(=O)N(C)C(N)=O. The zero-order valence-corrected chi connectivity index (χ0v) is 9.06. The van der Waals surface area contributed by atoms with Crippen molar-refractivity contribution < 1.29 is 9.59 Å². The van der Waals surface area contributed by atoms with Crippen molar-refractivity contribution in [2.24, 2.45) is 5.73 Å². The summed E-state index contributed by atoms with van der Waals surface area (Å²) < 4.78 is 1.30. The molecule has 0 bridgehead atoms. The number of thioether (sulfide) groups is 1. The van der Waals surface area contributed by atoms with Crippen LogP contribution in [0.4, 0.5) is 4.79 Å². The van der Waals surface area contributed by atoms with Crippen molar-refractivity contribution in [1.82, 2.24) is 25.1 Å². The van der Waals surface area contributed by atoms with Crippen LogP contribution in [-0.2, 0) is 11.3 Å². The number of hydrogen-bond acceptors (Lipinski definition) is 6. The van der Waals surface area contributed by atoms with Gasteiger partial charge in [0.25, 0.3) is 5.91 Å². The van der Waals surface area contributed by atoms with Crippen LogP contribution in [0.3, 0.4) is 0 Å². The molecule has 0 aliphatic heterocycles. The molecule has 9 heteroatoms. The number of hydrogen-bond donors (Lipinski definition) is 1. The number of imide groups is 1. The topological polar surface area (TPSA) is 107 Å². The molecule has 82 valence electrons. The van der Waals surface area contributed by atoms with Gasteiger partial charge in [-0.1, -0.05) is 11.8 Å². The van der Waals surface area contributed by atoms with E-state index in [2.05, 4.69) is 15.5 Å². The maximum absolute atomic E-state index is 11.4. The maximum Gasteiger partial charge on any atom is 0.321 e. The molecule has 0 unspecified atom stereocenters. The second kappa shape index (κ2) is 4.73. The lowest BCUT2D eigenvalue weighted by Crippen LogP contribution is -2.39. The number of nitrogens with two attached hydrogens (primary N) is 1. The quantitative estimate of drug-likeness (QED) is 0.663. The van der Waals surface area contributed by atoms with Crippen molar-refractivity contribution in [2.75, 3.05) is 13.3 Å². The smallest absolute Gasteiger partial charge is 0.321 e. The first-order valence-electron chi connectivity index (χ1n) is 3.92. The molecule has 0 radical (unpaired) electrons. The standard InChI is InChI=1S/C6H10N6O2S/c1-11(5(7)14)4(13)3-12-6(15-2)8-9-10-12/h3H2,1-2H3,(H2,7,14). The minimum absolute atomic E-state index is 0.109. The van der Waals surface area contributed by atoms with Crippen LogP contribution in [0.1, 0.15) is 0 Å². The van der Waals surface area contributed by atoms with Gasteiger partial charge in [0.2, 0.25) is 5.16 Å². The van der Waals surface area contributed by atoms with E-state index in [0.29, 0.717) is 5.16 Å². The summed E-state index contributed by atoms with van der Waals surface area (Å²) in [6, 6.07) is -0.807. The number of carbonyl (C=O) groups excluding carboxylic acids is 2. The van der Waals surface area contributed by atoms with E-state index in [9.17, 15) is 9.59 Å². The third-order valence-electron chi connectivity index (χ3n) is 1.67. The molecule has 2 N–H and O–H groups in total. The molecule has 0 saturated heterocycles. The third kappa shape index (κ3) is 2.65. The highest BCUT2D eigenvalue weighted by atomic mass is 32.2. The lowest BCUT2D eigenvalue weighted by atomic mass is 10.5. The molecule has 0 atom stereocenters. The molecule has 0 fully saturated rings. The predicted octanol–water partition coefficient (Wildman–Crippen LogP) is -1.07. The third-order valence-corrected chi connectivity index (χ3v) is 2.33. The first-order chi connectivity index (χ1) is 7.06. The summed E-state index contributed by atoms with van der Waals surface area (Å²) in [7, 11) is 1.30. The van der Waals surface area contributed by atoms with E-state index in [0.717, 1.165) is 4.90 Å². The highest BCUT2D eigenvalue weighted by Crippen LogP contribution is 2.08. The molecule has 1 aromatic rings. The van der Waals surface area contributed by atoms with Gasteiger partial charge in [-0.25, -0.2) is 9.48 Å². The summed E-state index contributed by atoms with van der Waals surface area (Å²) in [5.74, 6) is -0.467. The normalized spacial score (nSPS) is 10.0. The van der Waals surface area contributed by atoms with Gasteiger partial charge in [-0.3, -0.25) is 9.69 Å². The van der Waals surface area contributed by atoms with E-state index in [1.807, 2.05) is 0 Å². The first-order valence-corrected chi connectivity index (χ1v) is 5.15. The van der Waals surface area contributed by atoms with Gasteiger partial charge in [0.1, 0.15) is 6.54 Å². The molecule has 15 heavy (non-hydrogen) atoms. The summed E-state index contributed by atoms with van der Waals surface area (Å²) in [6.45, 7) is -0.109. The molecule has 0 aromatic carbocycles. The summed E-state index contributed by atoms with van der Waals surface area (Å²) >= 11 is 1.30. The molecule has 0 aliphatic carbocycles. The Bertz CT molecular complexity index is 377. The van der Waals surface area contributed by atoms with Gasteiger partial charge >= 0.3 is 6.03 Å². The van der Waals surface area contributed by atoms with E-state index in [1.165, 1.54) is 23.5 Å². The van der Waals surface area contributed by atoms with Crippen LogP contribution in [0.2, 0.25) is 0 Å². The molecule has 8 nitrogen and oxygen atoms in total. The van der Waals surface area contributed by atoms with Crippen LogP contribution in [0.5, 0.6) is 0 Å². The number of aromatic nitrogens is 4. The predicted molar refractivity (Wildman–Crippen MR) is 52.0 cm³/mol. The lowest BCUT2D eigenvalue weighted by Gasteiger charge is -2.11. The Balaban J connectivity index is 2.70. The Kier molecular flexibility index (Phi) is 3.61. The van der Waals surface area contributed by atoms with E-state index in [-0.39, 0.29) is 6.54 Å². The van der Waals surface area contributed by atoms with Crippen LogP contribution in [0, 0.1) is 0 Å². The summed E-state index contributed by atoms with van der Waals surface area (Å²) in [4.78, 5) is 22.9. The van der Waals surface area contributed by atoms with E-state index >= 15 is 0 Å². The molecule has 0 spiro atoms. The van der Waals surface area contributed by atoms with E-state index in [1.54, 1.807) is 6.26 Å². The molecule has 1 aromatic heterocycles. The van der Waals surface area contributed by atoms with Crippen molar-refractivity contribution in [3.05, 3.63) is 0 Å². The number of urea groups is 1. The fourth-order valence-electron chi connectivity index (χ4n) is 0.799. The lowest BCUT2D eigenvalue weighted by molar-refractivity contribution is -0.128. The second-order valence-electron chi connectivity index (χ2n) is 2.61. The monoisotopic (exact) mass is 230 g/mol. The number of rotatable bonds is 3. The average molecular weight is 230 g/mol. The van der Waals surface area contributed by atoms with Gasteiger partial charge in [-0.05, 0) is 16.7 Å². The average Bonchev–Trinajstić information content (AvgIpc) is 2.63. The van der Waals surface area contributed by atoms with Gasteiger partial charge in [0, 0.05) is 7.05 Å².